The van der Waals surface area contributed by atoms with Crippen LogP contribution in [0.15, 0.2) is 83.8 Å². The Kier molecular flexibility index (Phi) is 6.25. The van der Waals surface area contributed by atoms with Crippen LogP contribution in [0.2, 0.25) is 5.02 Å². The van der Waals surface area contributed by atoms with Gasteiger partial charge in [0.25, 0.3) is 15.9 Å². The molecule has 3 rings (SSSR count). The number of rotatable bonds is 6. The normalized spacial score (nSPS) is 12.2. The van der Waals surface area contributed by atoms with E-state index < -0.39 is 15.9 Å². The molecule has 0 aromatic heterocycles. The van der Waals surface area contributed by atoms with E-state index in [4.69, 9.17) is 11.6 Å². The first kappa shape index (κ1) is 20.9. The molecular formula is C22H21ClN2O3S. The largest absolute Gasteiger partial charge is 0.345 e. The molecular weight excluding hydrogens is 408 g/mol. The second-order valence-electron chi connectivity index (χ2n) is 6.55. The summed E-state index contributed by atoms with van der Waals surface area (Å²) in [6.45, 7) is 1.82. The highest BCUT2D eigenvalue weighted by Gasteiger charge is 2.27. The van der Waals surface area contributed by atoms with Crippen LogP contribution >= 0.6 is 11.6 Å². The van der Waals surface area contributed by atoms with Crippen molar-refractivity contribution in [1.29, 1.82) is 0 Å². The van der Waals surface area contributed by atoms with Gasteiger partial charge in [0.15, 0.2) is 0 Å². The molecule has 0 aliphatic rings. The molecule has 0 aliphatic carbocycles. The molecule has 1 unspecified atom stereocenters. The average molecular weight is 429 g/mol. The number of carbonyl (C=O) groups excluding carboxylic acids is 1. The summed E-state index contributed by atoms with van der Waals surface area (Å²) in [6, 6.07) is 21.7. The molecule has 5 nitrogen and oxygen atoms in total. The van der Waals surface area contributed by atoms with E-state index in [-0.39, 0.29) is 16.5 Å². The Morgan fingerprint density at radius 3 is 2.31 bits per heavy atom. The summed E-state index contributed by atoms with van der Waals surface area (Å²) in [4.78, 5) is 12.9. The molecule has 1 atom stereocenters. The topological polar surface area (TPSA) is 66.5 Å². The minimum Gasteiger partial charge on any atom is -0.345 e. The number of carbonyl (C=O) groups is 1. The summed E-state index contributed by atoms with van der Waals surface area (Å²) in [5.74, 6) is -0.474. The Bertz CT molecular complexity index is 1120. The summed E-state index contributed by atoms with van der Waals surface area (Å²) in [5, 5.41) is 3.42. The van der Waals surface area contributed by atoms with Gasteiger partial charge in [-0.1, -0.05) is 54.1 Å². The maximum Gasteiger partial charge on any atom is 0.264 e. The van der Waals surface area contributed by atoms with E-state index in [2.05, 4.69) is 5.32 Å². The molecule has 0 saturated heterocycles. The van der Waals surface area contributed by atoms with Crippen molar-refractivity contribution in [3.63, 3.8) is 0 Å². The van der Waals surface area contributed by atoms with Crippen molar-refractivity contribution in [2.24, 2.45) is 0 Å². The molecule has 3 aromatic rings. The molecule has 7 heteroatoms. The fraction of sp³-hybridized carbons (Fsp3) is 0.136. The number of anilines is 1. The predicted octanol–water partition coefficient (Wildman–Crippen LogP) is 4.66. The van der Waals surface area contributed by atoms with Crippen molar-refractivity contribution in [2.45, 2.75) is 17.9 Å². The quantitative estimate of drug-likeness (QED) is 0.621. The number of nitrogens with zero attached hydrogens (tertiary/aromatic N) is 1. The number of para-hydroxylation sites is 1. The van der Waals surface area contributed by atoms with Crippen LogP contribution in [-0.4, -0.2) is 21.4 Å². The molecule has 0 bridgehead atoms. The third-order valence-corrected chi connectivity index (χ3v) is 6.67. The van der Waals surface area contributed by atoms with Crippen molar-refractivity contribution in [2.75, 3.05) is 11.4 Å². The van der Waals surface area contributed by atoms with Crippen LogP contribution < -0.4 is 9.62 Å². The molecule has 0 saturated carbocycles. The highest BCUT2D eigenvalue weighted by molar-refractivity contribution is 7.92. The number of hydrogen-bond acceptors (Lipinski definition) is 3. The minimum absolute atomic E-state index is 0.0536. The predicted molar refractivity (Wildman–Crippen MR) is 116 cm³/mol. The van der Waals surface area contributed by atoms with E-state index in [0.717, 1.165) is 5.56 Å². The fourth-order valence-electron chi connectivity index (χ4n) is 2.94. The first-order chi connectivity index (χ1) is 13.8. The van der Waals surface area contributed by atoms with Gasteiger partial charge in [0.2, 0.25) is 0 Å². The van der Waals surface area contributed by atoms with E-state index >= 15 is 0 Å². The van der Waals surface area contributed by atoms with E-state index in [1.807, 2.05) is 19.1 Å². The van der Waals surface area contributed by atoms with Crippen molar-refractivity contribution >= 4 is 33.2 Å². The molecule has 0 radical (unpaired) electrons. The van der Waals surface area contributed by atoms with Crippen LogP contribution in [0, 0.1) is 0 Å². The van der Waals surface area contributed by atoms with Gasteiger partial charge in [0, 0.05) is 12.1 Å². The van der Waals surface area contributed by atoms with Gasteiger partial charge in [-0.3, -0.25) is 9.10 Å². The van der Waals surface area contributed by atoms with Crippen LogP contribution in [0.1, 0.15) is 28.9 Å². The van der Waals surface area contributed by atoms with Gasteiger partial charge in [0.1, 0.15) is 4.90 Å². The zero-order valence-electron chi connectivity index (χ0n) is 16.0. The summed E-state index contributed by atoms with van der Waals surface area (Å²) < 4.78 is 27.5. The molecule has 0 aliphatic heterocycles. The smallest absolute Gasteiger partial charge is 0.264 e. The number of nitrogens with one attached hydrogen (secondary N) is 1. The Morgan fingerprint density at radius 2 is 1.62 bits per heavy atom. The van der Waals surface area contributed by atoms with Crippen LogP contribution in [0.5, 0.6) is 0 Å². The second-order valence-corrected chi connectivity index (χ2v) is 8.93. The fourth-order valence-corrected chi connectivity index (χ4v) is 4.52. The molecule has 0 heterocycles. The first-order valence-corrected chi connectivity index (χ1v) is 10.8. The molecule has 1 N–H and O–H groups in total. The third kappa shape index (κ3) is 4.60. The van der Waals surface area contributed by atoms with Gasteiger partial charge in [-0.05, 0) is 48.9 Å². The van der Waals surface area contributed by atoms with Crippen molar-refractivity contribution < 1.29 is 13.2 Å². The highest BCUT2D eigenvalue weighted by atomic mass is 35.5. The van der Waals surface area contributed by atoms with Crippen molar-refractivity contribution in [1.82, 2.24) is 5.32 Å². The Morgan fingerprint density at radius 1 is 0.966 bits per heavy atom. The Balaban J connectivity index is 1.91. The number of hydrogen-bond donors (Lipinski definition) is 1. The van der Waals surface area contributed by atoms with Gasteiger partial charge in [-0.25, -0.2) is 8.42 Å². The zero-order valence-corrected chi connectivity index (χ0v) is 17.6. The SMILES string of the molecule is CC(NC(=O)c1ccccc1S(=O)(=O)N(C)c1ccccc1)c1cccc(Cl)c1. The summed E-state index contributed by atoms with van der Waals surface area (Å²) in [6.07, 6.45) is 0. The van der Waals surface area contributed by atoms with Gasteiger partial charge < -0.3 is 5.32 Å². The number of amides is 1. The Labute approximate surface area is 176 Å². The van der Waals surface area contributed by atoms with Crippen LogP contribution in [0.3, 0.4) is 0 Å². The summed E-state index contributed by atoms with van der Waals surface area (Å²) >= 11 is 6.02. The lowest BCUT2D eigenvalue weighted by molar-refractivity contribution is 0.0936. The number of halogens is 1. The van der Waals surface area contributed by atoms with Crippen LogP contribution in [0.4, 0.5) is 5.69 Å². The summed E-state index contributed by atoms with van der Waals surface area (Å²) in [7, 11) is -2.46. The monoisotopic (exact) mass is 428 g/mol. The first-order valence-electron chi connectivity index (χ1n) is 9.00. The zero-order chi connectivity index (χ0) is 21.0. The minimum atomic E-state index is -3.92. The highest BCUT2D eigenvalue weighted by Crippen LogP contribution is 2.25. The average Bonchev–Trinajstić information content (AvgIpc) is 2.73. The maximum absolute atomic E-state index is 13.2. The van der Waals surface area contributed by atoms with Crippen molar-refractivity contribution in [3.05, 3.63) is 95.0 Å². The standard InChI is InChI=1S/C22H21ClN2O3S/c1-16(17-9-8-10-18(23)15-17)24-22(26)20-13-6-7-14-21(20)29(27,28)25(2)19-11-4-3-5-12-19/h3-16H,1-2H3,(H,24,26). The number of sulfonamides is 1. The lowest BCUT2D eigenvalue weighted by atomic mass is 10.1. The molecule has 0 fully saturated rings. The van der Waals surface area contributed by atoms with Crippen LogP contribution in [-0.2, 0) is 10.0 Å². The Hall–Kier alpha value is -2.83. The van der Waals surface area contributed by atoms with E-state index in [9.17, 15) is 13.2 Å². The van der Waals surface area contributed by atoms with Crippen LogP contribution in [0.25, 0.3) is 0 Å². The molecule has 3 aromatic carbocycles. The maximum atomic E-state index is 13.2. The van der Waals surface area contributed by atoms with Gasteiger partial charge in [-0.15, -0.1) is 0 Å². The lowest BCUT2D eigenvalue weighted by Crippen LogP contribution is -2.31. The van der Waals surface area contributed by atoms with Gasteiger partial charge in [0.05, 0.1) is 17.3 Å². The van der Waals surface area contributed by atoms with E-state index in [1.165, 1.54) is 23.5 Å². The summed E-state index contributed by atoms with van der Waals surface area (Å²) in [5.41, 5.74) is 1.42. The third-order valence-electron chi connectivity index (χ3n) is 4.59. The van der Waals surface area contributed by atoms with Gasteiger partial charge >= 0.3 is 0 Å². The van der Waals surface area contributed by atoms with Gasteiger partial charge in [-0.2, -0.15) is 0 Å². The molecule has 1 amide bonds. The molecule has 0 spiro atoms. The van der Waals surface area contributed by atoms with Crippen molar-refractivity contribution in [3.8, 4) is 0 Å². The van der Waals surface area contributed by atoms with E-state index in [1.54, 1.807) is 54.6 Å². The lowest BCUT2D eigenvalue weighted by Gasteiger charge is -2.22. The molecule has 29 heavy (non-hydrogen) atoms. The number of benzene rings is 3. The van der Waals surface area contributed by atoms with E-state index in [0.29, 0.717) is 10.7 Å². The second kappa shape index (κ2) is 8.68. The molecule has 150 valence electrons.